The second-order valence-electron chi connectivity index (χ2n) is 11.3. The summed E-state index contributed by atoms with van der Waals surface area (Å²) in [5, 5.41) is -0.00278. The zero-order chi connectivity index (χ0) is 25.0. The molecule has 2 rings (SSSR count). The van der Waals surface area contributed by atoms with E-state index in [2.05, 4.69) is 33.9 Å². The second-order valence-corrected chi connectivity index (χ2v) is 16.8. The van der Waals surface area contributed by atoms with Gasteiger partial charge in [0.05, 0.1) is 7.11 Å². The molecular formula is C26H41NO5Si. The van der Waals surface area contributed by atoms with Crippen molar-refractivity contribution in [3.8, 4) is 5.75 Å². The first kappa shape index (κ1) is 27.0. The molecule has 0 aliphatic carbocycles. The predicted molar refractivity (Wildman–Crippen MR) is 135 cm³/mol. The average molecular weight is 476 g/mol. The summed E-state index contributed by atoms with van der Waals surface area (Å²) in [4.78, 5) is 27.5. The lowest BCUT2D eigenvalue weighted by Crippen LogP contribution is -2.52. The minimum atomic E-state index is -2.11. The Labute approximate surface area is 200 Å². The molecule has 1 saturated heterocycles. The van der Waals surface area contributed by atoms with E-state index in [1.807, 2.05) is 57.2 Å². The number of hydrogen-bond donors (Lipinski definition) is 0. The molecule has 1 heterocycles. The summed E-state index contributed by atoms with van der Waals surface area (Å²) in [5.41, 5.74) is 0.0136. The number of ether oxygens (including phenoxy) is 3. The van der Waals surface area contributed by atoms with E-state index in [4.69, 9.17) is 14.2 Å². The first-order valence-electron chi connectivity index (χ1n) is 11.7. The van der Waals surface area contributed by atoms with E-state index in [-0.39, 0.29) is 16.7 Å². The van der Waals surface area contributed by atoms with Crippen LogP contribution in [0.1, 0.15) is 59.9 Å². The Morgan fingerprint density at radius 2 is 1.82 bits per heavy atom. The van der Waals surface area contributed by atoms with Gasteiger partial charge in [-0.1, -0.05) is 52.1 Å². The van der Waals surface area contributed by atoms with Gasteiger partial charge < -0.3 is 14.2 Å². The van der Waals surface area contributed by atoms with Crippen molar-refractivity contribution < 1.29 is 23.8 Å². The van der Waals surface area contributed by atoms with E-state index in [9.17, 15) is 9.59 Å². The van der Waals surface area contributed by atoms with E-state index in [0.29, 0.717) is 13.0 Å². The van der Waals surface area contributed by atoms with Crippen LogP contribution in [0.4, 0.5) is 4.79 Å². The summed E-state index contributed by atoms with van der Waals surface area (Å²) in [6.45, 7) is 17.0. The second kappa shape index (κ2) is 10.3. The van der Waals surface area contributed by atoms with Crippen LogP contribution in [-0.4, -0.2) is 56.1 Å². The van der Waals surface area contributed by atoms with Gasteiger partial charge >= 0.3 is 12.1 Å². The third kappa shape index (κ3) is 7.10. The Morgan fingerprint density at radius 1 is 1.15 bits per heavy atom. The SMILES string of the molecule is COc1cccc(/C=C/C(OC(=O)C2CCCN2C(=O)OC(C)(C)C)[Si](C)(C)C(C)(C)C)c1. The van der Waals surface area contributed by atoms with Gasteiger partial charge in [0.1, 0.15) is 31.2 Å². The van der Waals surface area contributed by atoms with Crippen LogP contribution in [0.5, 0.6) is 5.75 Å². The molecule has 0 aromatic heterocycles. The highest BCUT2D eigenvalue weighted by Crippen LogP contribution is 2.40. The first-order chi connectivity index (χ1) is 15.2. The van der Waals surface area contributed by atoms with Crippen molar-refractivity contribution in [2.45, 2.75) is 89.9 Å². The number of amides is 1. The molecule has 6 nitrogen and oxygen atoms in total. The third-order valence-electron chi connectivity index (χ3n) is 6.60. The van der Waals surface area contributed by atoms with Crippen molar-refractivity contribution in [3.05, 3.63) is 35.9 Å². The van der Waals surface area contributed by atoms with Crippen LogP contribution in [-0.2, 0) is 14.3 Å². The van der Waals surface area contributed by atoms with Crippen molar-refractivity contribution >= 4 is 26.2 Å². The molecule has 0 N–H and O–H groups in total. The summed E-state index contributed by atoms with van der Waals surface area (Å²) in [6.07, 6.45) is 4.86. The maximum absolute atomic E-state index is 13.3. The molecule has 0 radical (unpaired) electrons. The number of carbonyl (C=O) groups is 2. The highest BCUT2D eigenvalue weighted by molar-refractivity contribution is 6.81. The number of rotatable bonds is 6. The lowest BCUT2D eigenvalue weighted by molar-refractivity contribution is -0.149. The Morgan fingerprint density at radius 3 is 2.39 bits per heavy atom. The van der Waals surface area contributed by atoms with Gasteiger partial charge in [0.25, 0.3) is 0 Å². The predicted octanol–water partition coefficient (Wildman–Crippen LogP) is 6.07. The highest BCUT2D eigenvalue weighted by Gasteiger charge is 2.45. The average Bonchev–Trinajstić information content (AvgIpc) is 3.19. The maximum Gasteiger partial charge on any atom is 0.411 e. The minimum Gasteiger partial charge on any atom is -0.497 e. The van der Waals surface area contributed by atoms with Crippen molar-refractivity contribution in [1.82, 2.24) is 4.90 Å². The summed E-state index contributed by atoms with van der Waals surface area (Å²) in [5.74, 6) is 0.417. The fourth-order valence-corrected chi connectivity index (χ4v) is 5.39. The first-order valence-corrected chi connectivity index (χ1v) is 14.8. The maximum atomic E-state index is 13.3. The van der Waals surface area contributed by atoms with Gasteiger partial charge in [-0.25, -0.2) is 9.59 Å². The fraction of sp³-hybridized carbons (Fsp3) is 0.615. The van der Waals surface area contributed by atoms with Crippen LogP contribution in [0.25, 0.3) is 6.08 Å². The topological polar surface area (TPSA) is 65.1 Å². The van der Waals surface area contributed by atoms with Crippen LogP contribution >= 0.6 is 0 Å². The van der Waals surface area contributed by atoms with Crippen LogP contribution in [0, 0.1) is 0 Å². The summed E-state index contributed by atoms with van der Waals surface area (Å²) >= 11 is 0. The molecule has 1 aromatic carbocycles. The van der Waals surface area contributed by atoms with E-state index in [1.54, 1.807) is 7.11 Å². The van der Waals surface area contributed by atoms with Gasteiger partial charge in [-0.15, -0.1) is 0 Å². The van der Waals surface area contributed by atoms with Crippen LogP contribution in [0.15, 0.2) is 30.3 Å². The quantitative estimate of drug-likeness (QED) is 0.369. The number of methoxy groups -OCH3 is 1. The molecule has 33 heavy (non-hydrogen) atoms. The van der Waals surface area contributed by atoms with Gasteiger partial charge in [-0.05, 0) is 62.4 Å². The van der Waals surface area contributed by atoms with Crippen molar-refractivity contribution in [2.24, 2.45) is 0 Å². The number of carbonyl (C=O) groups excluding carboxylic acids is 2. The molecule has 0 saturated carbocycles. The van der Waals surface area contributed by atoms with E-state index in [0.717, 1.165) is 17.7 Å². The molecular weight excluding hydrogens is 434 g/mol. The fourth-order valence-electron chi connectivity index (χ4n) is 3.55. The van der Waals surface area contributed by atoms with Gasteiger partial charge in [0.15, 0.2) is 0 Å². The molecule has 184 valence electrons. The zero-order valence-electron chi connectivity index (χ0n) is 21.7. The lowest BCUT2D eigenvalue weighted by Gasteiger charge is -2.41. The van der Waals surface area contributed by atoms with Gasteiger partial charge in [-0.3, -0.25) is 4.90 Å². The van der Waals surface area contributed by atoms with Crippen molar-refractivity contribution in [3.63, 3.8) is 0 Å². The van der Waals surface area contributed by atoms with Gasteiger partial charge in [-0.2, -0.15) is 0 Å². The molecule has 0 bridgehead atoms. The number of likely N-dealkylation sites (tertiary alicyclic amines) is 1. The van der Waals surface area contributed by atoms with Crippen molar-refractivity contribution in [2.75, 3.05) is 13.7 Å². The smallest absolute Gasteiger partial charge is 0.411 e. The Bertz CT molecular complexity index is 866. The molecule has 1 fully saturated rings. The van der Waals surface area contributed by atoms with E-state index in [1.165, 1.54) is 4.90 Å². The third-order valence-corrected chi connectivity index (χ3v) is 12.2. The normalized spacial score (nSPS) is 18.3. The number of esters is 1. The zero-order valence-corrected chi connectivity index (χ0v) is 22.7. The molecule has 2 unspecified atom stereocenters. The van der Waals surface area contributed by atoms with Crippen LogP contribution < -0.4 is 4.74 Å². The molecule has 1 amide bonds. The Kier molecular flexibility index (Phi) is 8.44. The monoisotopic (exact) mass is 475 g/mol. The summed E-state index contributed by atoms with van der Waals surface area (Å²) < 4.78 is 17.0. The molecule has 1 aromatic rings. The minimum absolute atomic E-state index is 0.00278. The van der Waals surface area contributed by atoms with Gasteiger partial charge in [0.2, 0.25) is 0 Å². The van der Waals surface area contributed by atoms with E-state index < -0.39 is 25.8 Å². The lowest BCUT2D eigenvalue weighted by atomic mass is 10.2. The summed E-state index contributed by atoms with van der Waals surface area (Å²) in [7, 11) is -0.467. The molecule has 0 spiro atoms. The van der Waals surface area contributed by atoms with Gasteiger partial charge in [0, 0.05) is 6.54 Å². The Balaban J connectivity index is 2.27. The van der Waals surface area contributed by atoms with Crippen LogP contribution in [0.2, 0.25) is 18.1 Å². The number of benzene rings is 1. The van der Waals surface area contributed by atoms with Crippen LogP contribution in [0.3, 0.4) is 0 Å². The largest absolute Gasteiger partial charge is 0.497 e. The summed E-state index contributed by atoms with van der Waals surface area (Å²) in [6, 6.07) is 7.15. The highest BCUT2D eigenvalue weighted by atomic mass is 28.3. The van der Waals surface area contributed by atoms with E-state index >= 15 is 0 Å². The molecule has 1 aliphatic rings. The molecule has 1 aliphatic heterocycles. The number of nitrogens with zero attached hydrogens (tertiary/aromatic N) is 1. The Hall–Kier alpha value is -2.28. The standard InChI is InChI=1S/C26H41NO5Si/c1-25(2,3)32-24(29)27-17-11-14-21(27)23(28)31-22(33(8,9)26(4,5)6)16-15-19-12-10-13-20(18-19)30-7/h10,12-13,15-16,18,21-22H,11,14,17H2,1-9H3/b16-15+. The number of hydrogen-bond acceptors (Lipinski definition) is 5. The molecule has 2 atom stereocenters. The molecule has 7 heteroatoms. The van der Waals surface area contributed by atoms with Crippen molar-refractivity contribution in [1.29, 1.82) is 0 Å².